The van der Waals surface area contributed by atoms with Gasteiger partial charge in [-0.3, -0.25) is 9.78 Å². The molecule has 1 amide bonds. The fraction of sp³-hybridized carbons (Fsp3) is 0.154. The second kappa shape index (κ2) is 5.34. The minimum atomic E-state index is -0.336. The maximum absolute atomic E-state index is 11.9. The molecule has 2 aromatic rings. The topological polar surface area (TPSA) is 84.1 Å². The molecule has 6 heteroatoms. The van der Waals surface area contributed by atoms with Crippen LogP contribution in [0.3, 0.4) is 0 Å². The van der Waals surface area contributed by atoms with Gasteiger partial charge in [0.05, 0.1) is 12.4 Å². The highest BCUT2D eigenvalue weighted by Crippen LogP contribution is 2.16. The normalized spacial score (nSPS) is 10.0. The lowest BCUT2D eigenvalue weighted by molar-refractivity contribution is 0.102. The van der Waals surface area contributed by atoms with Gasteiger partial charge in [-0.1, -0.05) is 0 Å². The Bertz CT molecular complexity index is 580. The summed E-state index contributed by atoms with van der Waals surface area (Å²) in [5.41, 5.74) is 7.43. The van der Waals surface area contributed by atoms with E-state index in [2.05, 4.69) is 15.3 Å². The van der Waals surface area contributed by atoms with E-state index in [1.54, 1.807) is 0 Å². The highest BCUT2D eigenvalue weighted by Gasteiger charge is 2.08. The number of anilines is 3. The molecule has 0 aliphatic carbocycles. The second-order valence-corrected chi connectivity index (χ2v) is 4.22. The Morgan fingerprint density at radius 1 is 1.21 bits per heavy atom. The van der Waals surface area contributed by atoms with Crippen molar-refractivity contribution in [2.45, 2.75) is 0 Å². The largest absolute Gasteiger partial charge is 0.382 e. The first-order chi connectivity index (χ1) is 9.06. The smallest absolute Gasteiger partial charge is 0.275 e. The monoisotopic (exact) mass is 257 g/mol. The molecule has 1 aromatic carbocycles. The fourth-order valence-corrected chi connectivity index (χ4v) is 1.53. The maximum atomic E-state index is 11.9. The van der Waals surface area contributed by atoms with Crippen molar-refractivity contribution in [3.8, 4) is 0 Å². The predicted octanol–water partition coefficient (Wildman–Crippen LogP) is 1.38. The van der Waals surface area contributed by atoms with E-state index in [0.29, 0.717) is 5.69 Å². The van der Waals surface area contributed by atoms with Crippen molar-refractivity contribution in [2.24, 2.45) is 0 Å². The lowest BCUT2D eigenvalue weighted by atomic mass is 10.2. The van der Waals surface area contributed by atoms with E-state index < -0.39 is 0 Å². The molecule has 6 nitrogen and oxygen atoms in total. The molecule has 1 aromatic heterocycles. The number of hydrogen-bond donors (Lipinski definition) is 2. The van der Waals surface area contributed by atoms with Crippen molar-refractivity contribution in [3.63, 3.8) is 0 Å². The summed E-state index contributed by atoms with van der Waals surface area (Å²) in [4.78, 5) is 21.6. The van der Waals surface area contributed by atoms with Crippen LogP contribution in [-0.4, -0.2) is 30.0 Å². The van der Waals surface area contributed by atoms with Crippen molar-refractivity contribution in [1.29, 1.82) is 0 Å². The van der Waals surface area contributed by atoms with Gasteiger partial charge in [-0.05, 0) is 24.3 Å². The number of rotatable bonds is 3. The Balaban J connectivity index is 2.10. The number of nitrogens with one attached hydrogen (secondary N) is 1. The molecule has 1 heterocycles. The van der Waals surface area contributed by atoms with Crippen molar-refractivity contribution in [3.05, 3.63) is 42.4 Å². The van der Waals surface area contributed by atoms with E-state index in [1.807, 2.05) is 43.3 Å². The lowest BCUT2D eigenvalue weighted by Gasteiger charge is -2.12. The summed E-state index contributed by atoms with van der Waals surface area (Å²) in [5.74, 6) is -0.118. The van der Waals surface area contributed by atoms with Gasteiger partial charge in [-0.25, -0.2) is 4.98 Å². The molecule has 0 aliphatic rings. The van der Waals surface area contributed by atoms with Crippen LogP contribution in [0.5, 0.6) is 0 Å². The van der Waals surface area contributed by atoms with Crippen LogP contribution in [0.1, 0.15) is 10.5 Å². The Morgan fingerprint density at radius 2 is 1.89 bits per heavy atom. The average molecular weight is 257 g/mol. The van der Waals surface area contributed by atoms with E-state index in [-0.39, 0.29) is 17.4 Å². The van der Waals surface area contributed by atoms with Crippen LogP contribution in [0.25, 0.3) is 0 Å². The van der Waals surface area contributed by atoms with Gasteiger partial charge in [0.1, 0.15) is 11.5 Å². The lowest BCUT2D eigenvalue weighted by Crippen LogP contribution is -2.15. The Labute approximate surface area is 111 Å². The average Bonchev–Trinajstić information content (AvgIpc) is 2.39. The van der Waals surface area contributed by atoms with Gasteiger partial charge in [0, 0.05) is 25.5 Å². The minimum Gasteiger partial charge on any atom is -0.382 e. The van der Waals surface area contributed by atoms with Crippen LogP contribution >= 0.6 is 0 Å². The summed E-state index contributed by atoms with van der Waals surface area (Å²) < 4.78 is 0. The van der Waals surface area contributed by atoms with Crippen molar-refractivity contribution in [2.75, 3.05) is 30.0 Å². The van der Waals surface area contributed by atoms with Gasteiger partial charge in [0.2, 0.25) is 0 Å². The predicted molar refractivity (Wildman–Crippen MR) is 75.2 cm³/mol. The molecule has 0 saturated heterocycles. The zero-order valence-corrected chi connectivity index (χ0v) is 10.8. The first-order valence-corrected chi connectivity index (χ1v) is 5.72. The SMILES string of the molecule is CN(C)c1ccc(NC(=O)c2cncc(N)n2)cc1. The third kappa shape index (κ3) is 3.19. The molecular weight excluding hydrogens is 242 g/mol. The van der Waals surface area contributed by atoms with Crippen molar-refractivity contribution >= 4 is 23.1 Å². The van der Waals surface area contributed by atoms with E-state index in [4.69, 9.17) is 5.73 Å². The van der Waals surface area contributed by atoms with E-state index in [0.717, 1.165) is 5.69 Å². The van der Waals surface area contributed by atoms with Gasteiger partial charge < -0.3 is 16.0 Å². The number of nitrogens with two attached hydrogens (primary N) is 1. The highest BCUT2D eigenvalue weighted by atomic mass is 16.1. The van der Waals surface area contributed by atoms with Crippen LogP contribution in [0.4, 0.5) is 17.2 Å². The molecule has 0 aliphatic heterocycles. The van der Waals surface area contributed by atoms with Gasteiger partial charge in [-0.2, -0.15) is 0 Å². The summed E-state index contributed by atoms with van der Waals surface area (Å²) in [6.45, 7) is 0. The zero-order chi connectivity index (χ0) is 13.8. The molecular formula is C13H15N5O. The van der Waals surface area contributed by atoms with Gasteiger partial charge in [-0.15, -0.1) is 0 Å². The summed E-state index contributed by atoms with van der Waals surface area (Å²) in [7, 11) is 3.91. The van der Waals surface area contributed by atoms with Gasteiger partial charge in [0.15, 0.2) is 0 Å². The number of carbonyl (C=O) groups excluding carboxylic acids is 1. The first kappa shape index (κ1) is 12.8. The molecule has 98 valence electrons. The molecule has 0 spiro atoms. The number of amides is 1. The number of nitrogens with zero attached hydrogens (tertiary/aromatic N) is 3. The Kier molecular flexibility index (Phi) is 3.61. The molecule has 0 atom stereocenters. The summed E-state index contributed by atoms with van der Waals surface area (Å²) in [5, 5.41) is 2.74. The molecule has 0 unspecified atom stereocenters. The Hall–Kier alpha value is -2.63. The minimum absolute atomic E-state index is 0.191. The van der Waals surface area contributed by atoms with Crippen molar-refractivity contribution in [1.82, 2.24) is 9.97 Å². The number of hydrogen-bond acceptors (Lipinski definition) is 5. The Morgan fingerprint density at radius 3 is 2.47 bits per heavy atom. The second-order valence-electron chi connectivity index (χ2n) is 4.22. The van der Waals surface area contributed by atoms with Crippen LogP contribution in [0, 0.1) is 0 Å². The highest BCUT2D eigenvalue weighted by molar-refractivity contribution is 6.02. The van der Waals surface area contributed by atoms with Crippen LogP contribution < -0.4 is 16.0 Å². The molecule has 0 radical (unpaired) electrons. The molecule has 0 fully saturated rings. The molecule has 0 bridgehead atoms. The number of nitrogen functional groups attached to an aromatic ring is 1. The van der Waals surface area contributed by atoms with Crippen LogP contribution in [0.2, 0.25) is 0 Å². The quantitative estimate of drug-likeness (QED) is 0.867. The van der Waals surface area contributed by atoms with E-state index in [9.17, 15) is 4.79 Å². The van der Waals surface area contributed by atoms with E-state index in [1.165, 1.54) is 12.4 Å². The molecule has 19 heavy (non-hydrogen) atoms. The third-order valence-electron chi connectivity index (χ3n) is 2.53. The molecule has 0 saturated carbocycles. The third-order valence-corrected chi connectivity index (χ3v) is 2.53. The van der Waals surface area contributed by atoms with Gasteiger partial charge in [0.25, 0.3) is 5.91 Å². The standard InChI is InChI=1S/C13H15N5O/c1-18(2)10-5-3-9(4-6-10)16-13(19)11-7-15-8-12(14)17-11/h3-8H,1-2H3,(H2,14,17)(H,16,19). The summed E-state index contributed by atoms with van der Waals surface area (Å²) in [6.07, 6.45) is 2.77. The molecule has 2 rings (SSSR count). The first-order valence-electron chi connectivity index (χ1n) is 5.72. The number of aromatic nitrogens is 2. The number of carbonyl (C=O) groups is 1. The van der Waals surface area contributed by atoms with Crippen LogP contribution in [0.15, 0.2) is 36.7 Å². The zero-order valence-electron chi connectivity index (χ0n) is 10.8. The van der Waals surface area contributed by atoms with Crippen molar-refractivity contribution < 1.29 is 4.79 Å². The van der Waals surface area contributed by atoms with Gasteiger partial charge >= 0.3 is 0 Å². The molecule has 3 N–H and O–H groups in total. The van der Waals surface area contributed by atoms with Crippen LogP contribution in [-0.2, 0) is 0 Å². The summed E-state index contributed by atoms with van der Waals surface area (Å²) >= 11 is 0. The summed E-state index contributed by atoms with van der Waals surface area (Å²) in [6, 6.07) is 7.49. The fourth-order valence-electron chi connectivity index (χ4n) is 1.53. The van der Waals surface area contributed by atoms with E-state index >= 15 is 0 Å². The maximum Gasteiger partial charge on any atom is 0.275 e. The number of benzene rings is 1.